The van der Waals surface area contributed by atoms with E-state index in [1.165, 1.54) is 30.4 Å². The summed E-state index contributed by atoms with van der Waals surface area (Å²) in [6.45, 7) is 2.04. The molecule has 0 aliphatic heterocycles. The zero-order valence-corrected chi connectivity index (χ0v) is 13.5. The first kappa shape index (κ1) is 17.2. The molecule has 0 bridgehead atoms. The van der Waals surface area contributed by atoms with Gasteiger partial charge in [0, 0.05) is 31.7 Å². The normalized spacial score (nSPS) is 15.0. The average Bonchev–Trinajstić information content (AvgIpc) is 2.52. The number of urea groups is 1. The molecule has 0 unspecified atom stereocenters. The predicted molar refractivity (Wildman–Crippen MR) is 87.8 cm³/mol. The van der Waals surface area contributed by atoms with Crippen molar-refractivity contribution in [1.82, 2.24) is 10.6 Å². The van der Waals surface area contributed by atoms with Crippen molar-refractivity contribution in [2.45, 2.75) is 45.1 Å². The van der Waals surface area contributed by atoms with Gasteiger partial charge in [-0.3, -0.25) is 4.79 Å². The minimum absolute atomic E-state index is 0.190. The maximum Gasteiger partial charge on any atom is 0.315 e. The highest BCUT2D eigenvalue weighted by Gasteiger charge is 2.16. The maximum absolute atomic E-state index is 13.3. The summed E-state index contributed by atoms with van der Waals surface area (Å²) in [6.07, 6.45) is 5.60. The molecular formula is C17H24FN3O2. The Morgan fingerprint density at radius 1 is 1.26 bits per heavy atom. The highest BCUT2D eigenvalue weighted by molar-refractivity contribution is 5.91. The SMILES string of the molecule is CC(=O)N(CCNC(=O)NC1CCCCC1)c1cccc(F)c1. The predicted octanol–water partition coefficient (Wildman–Crippen LogP) is 2.81. The molecule has 1 fully saturated rings. The molecule has 0 aromatic heterocycles. The summed E-state index contributed by atoms with van der Waals surface area (Å²) in [4.78, 5) is 25.0. The van der Waals surface area contributed by atoms with E-state index >= 15 is 0 Å². The van der Waals surface area contributed by atoms with Crippen molar-refractivity contribution in [2.75, 3.05) is 18.0 Å². The number of nitrogens with zero attached hydrogens (tertiary/aromatic N) is 1. The van der Waals surface area contributed by atoms with Crippen molar-refractivity contribution in [1.29, 1.82) is 0 Å². The number of hydrogen-bond donors (Lipinski definition) is 2. The van der Waals surface area contributed by atoms with Gasteiger partial charge in [-0.15, -0.1) is 0 Å². The van der Waals surface area contributed by atoms with E-state index in [0.29, 0.717) is 18.8 Å². The fourth-order valence-corrected chi connectivity index (χ4v) is 2.88. The molecular weight excluding hydrogens is 297 g/mol. The van der Waals surface area contributed by atoms with Gasteiger partial charge in [-0.25, -0.2) is 9.18 Å². The minimum Gasteiger partial charge on any atom is -0.336 e. The molecule has 0 radical (unpaired) electrons. The minimum atomic E-state index is -0.392. The molecule has 1 aliphatic rings. The molecule has 1 aromatic rings. The third-order valence-corrected chi connectivity index (χ3v) is 4.06. The maximum atomic E-state index is 13.3. The van der Waals surface area contributed by atoms with Crippen LogP contribution in [0.15, 0.2) is 24.3 Å². The highest BCUT2D eigenvalue weighted by atomic mass is 19.1. The Bertz CT molecular complexity index is 544. The monoisotopic (exact) mass is 321 g/mol. The fraction of sp³-hybridized carbons (Fsp3) is 0.529. The number of carbonyl (C=O) groups excluding carboxylic acids is 2. The standard InChI is InChI=1S/C17H24FN3O2/c1-13(22)21(16-9-5-6-14(18)12-16)11-10-19-17(23)20-15-7-3-2-4-8-15/h5-6,9,12,15H,2-4,7-8,10-11H2,1H3,(H2,19,20,23). The van der Waals surface area contributed by atoms with E-state index in [1.807, 2.05) is 0 Å². The molecule has 23 heavy (non-hydrogen) atoms. The first-order valence-electron chi connectivity index (χ1n) is 8.14. The Morgan fingerprint density at radius 3 is 2.65 bits per heavy atom. The van der Waals surface area contributed by atoms with Crippen molar-refractivity contribution in [2.24, 2.45) is 0 Å². The number of hydrogen-bond acceptors (Lipinski definition) is 2. The third kappa shape index (κ3) is 5.54. The van der Waals surface area contributed by atoms with Gasteiger partial charge in [0.25, 0.3) is 0 Å². The Balaban J connectivity index is 1.80. The summed E-state index contributed by atoms with van der Waals surface area (Å²) in [5, 5.41) is 5.72. The van der Waals surface area contributed by atoms with Crippen LogP contribution in [0, 0.1) is 5.82 Å². The number of rotatable bonds is 5. The molecule has 0 heterocycles. The van der Waals surface area contributed by atoms with Gasteiger partial charge in [-0.2, -0.15) is 0 Å². The number of nitrogens with one attached hydrogen (secondary N) is 2. The van der Waals surface area contributed by atoms with Gasteiger partial charge in [0.05, 0.1) is 0 Å². The first-order chi connectivity index (χ1) is 11.1. The summed E-state index contributed by atoms with van der Waals surface area (Å²) in [5.74, 6) is -0.582. The molecule has 5 nitrogen and oxygen atoms in total. The number of anilines is 1. The van der Waals surface area contributed by atoms with Gasteiger partial charge in [0.15, 0.2) is 0 Å². The van der Waals surface area contributed by atoms with Crippen LogP contribution in [-0.2, 0) is 4.79 Å². The summed E-state index contributed by atoms with van der Waals surface area (Å²) in [5.41, 5.74) is 0.493. The van der Waals surface area contributed by atoms with Gasteiger partial charge >= 0.3 is 6.03 Å². The molecule has 1 aromatic carbocycles. The van der Waals surface area contributed by atoms with Crippen LogP contribution in [0.5, 0.6) is 0 Å². The number of halogens is 1. The molecule has 0 spiro atoms. The number of amides is 3. The van der Waals surface area contributed by atoms with Crippen molar-refractivity contribution in [3.8, 4) is 0 Å². The summed E-state index contributed by atoms with van der Waals surface area (Å²) >= 11 is 0. The second kappa shape index (κ2) is 8.50. The quantitative estimate of drug-likeness (QED) is 0.876. The largest absolute Gasteiger partial charge is 0.336 e. The van der Waals surface area contributed by atoms with Crippen LogP contribution in [0.1, 0.15) is 39.0 Å². The van der Waals surface area contributed by atoms with E-state index < -0.39 is 5.82 Å². The lowest BCUT2D eigenvalue weighted by Gasteiger charge is -2.24. The Morgan fingerprint density at radius 2 is 2.00 bits per heavy atom. The second-order valence-electron chi connectivity index (χ2n) is 5.89. The molecule has 0 saturated heterocycles. The molecule has 0 atom stereocenters. The lowest BCUT2D eigenvalue weighted by atomic mass is 9.96. The van der Waals surface area contributed by atoms with Gasteiger partial charge in [-0.1, -0.05) is 25.3 Å². The molecule has 1 aliphatic carbocycles. The van der Waals surface area contributed by atoms with Crippen LogP contribution >= 0.6 is 0 Å². The molecule has 3 amide bonds. The smallest absolute Gasteiger partial charge is 0.315 e. The van der Waals surface area contributed by atoms with Crippen LogP contribution in [0.4, 0.5) is 14.9 Å². The van der Waals surface area contributed by atoms with E-state index in [2.05, 4.69) is 10.6 Å². The lowest BCUT2D eigenvalue weighted by Crippen LogP contribution is -2.45. The highest BCUT2D eigenvalue weighted by Crippen LogP contribution is 2.17. The van der Waals surface area contributed by atoms with Crippen molar-refractivity contribution in [3.63, 3.8) is 0 Å². The van der Waals surface area contributed by atoms with E-state index in [4.69, 9.17) is 0 Å². The molecule has 126 valence electrons. The van der Waals surface area contributed by atoms with E-state index in [9.17, 15) is 14.0 Å². The summed E-state index contributed by atoms with van der Waals surface area (Å²) in [6, 6.07) is 5.91. The number of carbonyl (C=O) groups is 2. The Kier molecular flexibility index (Phi) is 6.38. The first-order valence-corrected chi connectivity index (χ1v) is 8.14. The van der Waals surface area contributed by atoms with Crippen LogP contribution in [-0.4, -0.2) is 31.1 Å². The molecule has 2 rings (SSSR count). The zero-order valence-electron chi connectivity index (χ0n) is 13.5. The van der Waals surface area contributed by atoms with Crippen molar-refractivity contribution < 1.29 is 14.0 Å². The summed E-state index contributed by atoms with van der Waals surface area (Å²) in [7, 11) is 0. The summed E-state index contributed by atoms with van der Waals surface area (Å²) < 4.78 is 13.3. The van der Waals surface area contributed by atoms with Gasteiger partial charge < -0.3 is 15.5 Å². The fourth-order valence-electron chi connectivity index (χ4n) is 2.88. The average molecular weight is 321 g/mol. The van der Waals surface area contributed by atoms with E-state index in [1.54, 1.807) is 12.1 Å². The Hall–Kier alpha value is -2.11. The molecule has 6 heteroatoms. The van der Waals surface area contributed by atoms with Crippen LogP contribution in [0.3, 0.4) is 0 Å². The molecule has 1 saturated carbocycles. The van der Waals surface area contributed by atoms with Crippen LogP contribution < -0.4 is 15.5 Å². The van der Waals surface area contributed by atoms with Crippen LogP contribution in [0.25, 0.3) is 0 Å². The van der Waals surface area contributed by atoms with Gasteiger partial charge in [0.2, 0.25) is 5.91 Å². The van der Waals surface area contributed by atoms with E-state index in [0.717, 1.165) is 25.7 Å². The molecule has 2 N–H and O–H groups in total. The lowest BCUT2D eigenvalue weighted by molar-refractivity contribution is -0.116. The second-order valence-corrected chi connectivity index (χ2v) is 5.89. The van der Waals surface area contributed by atoms with Gasteiger partial charge in [0.1, 0.15) is 5.82 Å². The van der Waals surface area contributed by atoms with Crippen LogP contribution in [0.2, 0.25) is 0 Å². The van der Waals surface area contributed by atoms with E-state index in [-0.39, 0.29) is 18.0 Å². The third-order valence-electron chi connectivity index (χ3n) is 4.06. The zero-order chi connectivity index (χ0) is 16.7. The van der Waals surface area contributed by atoms with Crippen molar-refractivity contribution >= 4 is 17.6 Å². The number of benzene rings is 1. The van der Waals surface area contributed by atoms with Gasteiger partial charge in [-0.05, 0) is 31.0 Å². The topological polar surface area (TPSA) is 61.4 Å². The van der Waals surface area contributed by atoms with Crippen molar-refractivity contribution in [3.05, 3.63) is 30.1 Å². The Labute approximate surface area is 136 Å².